The van der Waals surface area contributed by atoms with Crippen LogP contribution in [0.4, 0.5) is 17.1 Å². The average Bonchev–Trinajstić information content (AvgIpc) is 3.18. The van der Waals surface area contributed by atoms with E-state index in [1.54, 1.807) is 0 Å². The zero-order valence-electron chi connectivity index (χ0n) is 27.0. The van der Waals surface area contributed by atoms with E-state index in [1.807, 2.05) is 0 Å². The van der Waals surface area contributed by atoms with E-state index in [2.05, 4.69) is 205 Å². The first-order valence-corrected chi connectivity index (χ1v) is 16.8. The molecule has 0 aliphatic carbocycles. The molecule has 0 saturated heterocycles. The molecular weight excluding hydrogens is 591 g/mol. The van der Waals surface area contributed by atoms with Gasteiger partial charge in [-0.25, -0.2) is 0 Å². The van der Waals surface area contributed by atoms with Crippen LogP contribution in [-0.2, 0) is 0 Å². The van der Waals surface area contributed by atoms with Gasteiger partial charge in [0.2, 0.25) is 0 Å². The van der Waals surface area contributed by atoms with Gasteiger partial charge >= 0.3 is 0 Å². The number of hydrogen-bond donors (Lipinski definition) is 0. The highest BCUT2D eigenvalue weighted by molar-refractivity contribution is 6.09. The summed E-state index contributed by atoms with van der Waals surface area (Å²) in [6.07, 6.45) is 0. The van der Waals surface area contributed by atoms with Crippen LogP contribution in [0.5, 0.6) is 0 Å². The second-order valence-corrected chi connectivity index (χ2v) is 12.6. The maximum atomic E-state index is 2.42. The summed E-state index contributed by atoms with van der Waals surface area (Å²) in [5, 5.41) is 7.52. The summed E-state index contributed by atoms with van der Waals surface area (Å²) in [4.78, 5) is 2.42. The van der Waals surface area contributed by atoms with Crippen molar-refractivity contribution in [2.24, 2.45) is 0 Å². The fourth-order valence-electron chi connectivity index (χ4n) is 7.27. The van der Waals surface area contributed by atoms with Crippen molar-refractivity contribution in [3.63, 3.8) is 0 Å². The quantitative estimate of drug-likeness (QED) is 0.167. The van der Waals surface area contributed by atoms with Crippen LogP contribution < -0.4 is 4.90 Å². The molecule has 0 saturated carbocycles. The van der Waals surface area contributed by atoms with E-state index >= 15 is 0 Å². The highest BCUT2D eigenvalue weighted by Gasteiger charge is 2.19. The number of fused-ring (bicyclic) bond motifs is 4. The molecule has 0 bridgehead atoms. The van der Waals surface area contributed by atoms with E-state index < -0.39 is 0 Å². The number of para-hydroxylation sites is 1. The fourth-order valence-corrected chi connectivity index (χ4v) is 7.27. The van der Waals surface area contributed by atoms with E-state index in [0.29, 0.717) is 0 Å². The van der Waals surface area contributed by atoms with E-state index in [0.717, 1.165) is 17.1 Å². The fraction of sp³-hybridized carbons (Fsp3) is 0. The van der Waals surface area contributed by atoms with Crippen molar-refractivity contribution in [2.75, 3.05) is 4.90 Å². The van der Waals surface area contributed by atoms with Gasteiger partial charge in [-0.05, 0) is 96.5 Å². The number of anilines is 3. The van der Waals surface area contributed by atoms with Gasteiger partial charge in [0.15, 0.2) is 0 Å². The van der Waals surface area contributed by atoms with Gasteiger partial charge in [-0.2, -0.15) is 0 Å². The summed E-state index contributed by atoms with van der Waals surface area (Å²) in [5.41, 5.74) is 10.5. The molecule has 0 unspecified atom stereocenters. The topological polar surface area (TPSA) is 3.24 Å². The molecule has 0 heterocycles. The summed E-state index contributed by atoms with van der Waals surface area (Å²) < 4.78 is 0. The lowest BCUT2D eigenvalue weighted by molar-refractivity contribution is 1.29. The minimum atomic E-state index is 1.11. The molecule has 49 heavy (non-hydrogen) atoms. The average molecular weight is 624 g/mol. The third-order valence-electron chi connectivity index (χ3n) is 9.62. The predicted molar refractivity (Wildman–Crippen MR) is 210 cm³/mol. The van der Waals surface area contributed by atoms with Gasteiger partial charge in [0.25, 0.3) is 0 Å². The molecule has 0 fully saturated rings. The monoisotopic (exact) mass is 623 g/mol. The van der Waals surface area contributed by atoms with Gasteiger partial charge in [-0.1, -0.05) is 164 Å². The van der Waals surface area contributed by atoms with Crippen molar-refractivity contribution in [3.05, 3.63) is 200 Å². The summed E-state index contributed by atoms with van der Waals surface area (Å²) in [6.45, 7) is 0. The lowest BCUT2D eigenvalue weighted by atomic mass is 9.94. The van der Waals surface area contributed by atoms with Crippen LogP contribution in [0, 0.1) is 0 Å². The third kappa shape index (κ3) is 5.32. The maximum Gasteiger partial charge on any atom is 0.0540 e. The van der Waals surface area contributed by atoms with Crippen molar-refractivity contribution in [3.8, 4) is 33.4 Å². The van der Waals surface area contributed by atoms with E-state index in [9.17, 15) is 0 Å². The smallest absolute Gasteiger partial charge is 0.0540 e. The van der Waals surface area contributed by atoms with Crippen LogP contribution >= 0.6 is 0 Å². The number of rotatable bonds is 6. The van der Waals surface area contributed by atoms with Crippen LogP contribution in [0.25, 0.3) is 65.7 Å². The van der Waals surface area contributed by atoms with Crippen LogP contribution in [0.2, 0.25) is 0 Å². The molecular formula is C48H33N. The van der Waals surface area contributed by atoms with Crippen LogP contribution in [0.15, 0.2) is 200 Å². The van der Waals surface area contributed by atoms with Gasteiger partial charge in [-0.15, -0.1) is 0 Å². The van der Waals surface area contributed by atoms with Crippen molar-refractivity contribution in [1.82, 2.24) is 0 Å². The zero-order valence-corrected chi connectivity index (χ0v) is 27.0. The van der Waals surface area contributed by atoms with Crippen molar-refractivity contribution < 1.29 is 0 Å². The van der Waals surface area contributed by atoms with Gasteiger partial charge < -0.3 is 4.90 Å². The Labute approximate surface area is 287 Å². The summed E-state index contributed by atoms with van der Waals surface area (Å²) in [7, 11) is 0. The maximum absolute atomic E-state index is 2.42. The highest BCUT2D eigenvalue weighted by atomic mass is 15.1. The van der Waals surface area contributed by atoms with Crippen LogP contribution in [0.3, 0.4) is 0 Å². The molecule has 0 aliphatic rings. The molecule has 1 heteroatoms. The molecule has 0 N–H and O–H groups in total. The number of benzene rings is 9. The molecule has 9 aromatic rings. The van der Waals surface area contributed by atoms with Gasteiger partial charge in [0, 0.05) is 16.9 Å². The van der Waals surface area contributed by atoms with Gasteiger partial charge in [-0.3, -0.25) is 0 Å². The molecule has 9 rings (SSSR count). The lowest BCUT2D eigenvalue weighted by Gasteiger charge is -2.29. The van der Waals surface area contributed by atoms with E-state index in [-0.39, 0.29) is 0 Å². The molecule has 0 atom stereocenters. The summed E-state index contributed by atoms with van der Waals surface area (Å²) in [5.74, 6) is 0. The summed E-state index contributed by atoms with van der Waals surface area (Å²) in [6, 6.07) is 72.5. The van der Waals surface area contributed by atoms with Crippen LogP contribution in [-0.4, -0.2) is 0 Å². The molecule has 0 radical (unpaired) electrons. The second-order valence-electron chi connectivity index (χ2n) is 12.6. The first-order valence-electron chi connectivity index (χ1n) is 16.8. The Bertz CT molecular complexity index is 2610. The molecule has 230 valence electrons. The predicted octanol–water partition coefficient (Wildman–Crippen LogP) is 13.6. The Morgan fingerprint density at radius 2 is 0.816 bits per heavy atom. The van der Waals surface area contributed by atoms with Gasteiger partial charge in [0.05, 0.1) is 5.69 Å². The third-order valence-corrected chi connectivity index (χ3v) is 9.62. The molecule has 9 aromatic carbocycles. The summed E-state index contributed by atoms with van der Waals surface area (Å²) >= 11 is 0. The Morgan fingerprint density at radius 1 is 0.265 bits per heavy atom. The lowest BCUT2D eigenvalue weighted by Crippen LogP contribution is -2.11. The Morgan fingerprint density at radius 3 is 1.69 bits per heavy atom. The minimum absolute atomic E-state index is 1.11. The number of nitrogens with zero attached hydrogens (tertiary/aromatic N) is 1. The Kier molecular flexibility index (Phi) is 7.22. The molecule has 0 spiro atoms. The zero-order chi connectivity index (χ0) is 32.6. The van der Waals surface area contributed by atoms with Crippen molar-refractivity contribution in [2.45, 2.75) is 0 Å². The van der Waals surface area contributed by atoms with E-state index in [1.165, 1.54) is 65.7 Å². The molecule has 1 nitrogen and oxygen atoms in total. The first-order chi connectivity index (χ1) is 24.3. The molecule has 0 aromatic heterocycles. The second kappa shape index (κ2) is 12.3. The largest absolute Gasteiger partial charge is 0.310 e. The standard InChI is InChI=1S/C48H33N/c1-2-13-34(14-3-1)37-18-11-21-41(32-37)49(42-29-30-46-40(33-42)28-27-36-16-5-7-23-44(36)46)48-26-9-8-24-47(48)39-20-10-19-38(31-39)45-25-12-17-35-15-4-6-22-43(35)45/h1-33H. The van der Waals surface area contributed by atoms with E-state index in [4.69, 9.17) is 0 Å². The molecule has 0 amide bonds. The SMILES string of the molecule is c1ccc(-c2cccc(N(c3ccc4c(ccc5ccccc54)c3)c3ccccc3-c3cccc(-c4cccc5ccccc45)c3)c2)cc1. The molecule has 0 aliphatic heterocycles. The van der Waals surface area contributed by atoms with Crippen LogP contribution in [0.1, 0.15) is 0 Å². The van der Waals surface area contributed by atoms with Gasteiger partial charge in [0.1, 0.15) is 0 Å². The van der Waals surface area contributed by atoms with Crippen molar-refractivity contribution >= 4 is 49.4 Å². The van der Waals surface area contributed by atoms with Crippen molar-refractivity contribution in [1.29, 1.82) is 0 Å². The Balaban J connectivity index is 1.24. The Hall–Kier alpha value is -6.44. The number of hydrogen-bond acceptors (Lipinski definition) is 1. The minimum Gasteiger partial charge on any atom is -0.310 e. The first kappa shape index (κ1) is 28.8. The normalized spacial score (nSPS) is 11.3. The highest BCUT2D eigenvalue weighted by Crippen LogP contribution is 2.44.